The molecule has 0 aliphatic carbocycles. The van der Waals surface area contributed by atoms with Crippen LogP contribution in [0, 0.1) is 0 Å². The van der Waals surface area contributed by atoms with Gasteiger partial charge in [-0.3, -0.25) is 4.68 Å². The Hall–Kier alpha value is -3.18. The number of carbonyl (C=O) groups is 1. The molecule has 11 heteroatoms. The summed E-state index contributed by atoms with van der Waals surface area (Å²) in [6.07, 6.45) is 4.91. The summed E-state index contributed by atoms with van der Waals surface area (Å²) >= 11 is 1.38. The van der Waals surface area contributed by atoms with Crippen LogP contribution in [0.1, 0.15) is 21.6 Å². The van der Waals surface area contributed by atoms with Gasteiger partial charge in [0.15, 0.2) is 5.69 Å². The van der Waals surface area contributed by atoms with Crippen molar-refractivity contribution in [3.8, 4) is 5.75 Å². The predicted molar refractivity (Wildman–Crippen MR) is 106 cm³/mol. The van der Waals surface area contributed by atoms with E-state index in [9.17, 15) is 4.79 Å². The maximum absolute atomic E-state index is 11.5. The lowest BCUT2D eigenvalue weighted by Crippen LogP contribution is -2.04. The lowest BCUT2D eigenvalue weighted by Gasteiger charge is -2.08. The molecule has 3 rings (SSSR count). The Morgan fingerprint density at radius 3 is 2.90 bits per heavy atom. The topological polar surface area (TPSA) is 106 Å². The fourth-order valence-electron chi connectivity index (χ4n) is 2.44. The van der Waals surface area contributed by atoms with Crippen LogP contribution in [-0.4, -0.2) is 58.2 Å². The zero-order valence-electron chi connectivity index (χ0n) is 16.2. The van der Waals surface area contributed by atoms with Crippen LogP contribution in [0.25, 0.3) is 0 Å². The third kappa shape index (κ3) is 5.21. The van der Waals surface area contributed by atoms with E-state index in [1.807, 2.05) is 18.2 Å². The van der Waals surface area contributed by atoms with Gasteiger partial charge in [0.1, 0.15) is 12.1 Å². The van der Waals surface area contributed by atoms with Gasteiger partial charge < -0.3 is 14.2 Å². The van der Waals surface area contributed by atoms with Gasteiger partial charge >= 0.3 is 5.97 Å². The van der Waals surface area contributed by atoms with Crippen molar-refractivity contribution in [2.24, 2.45) is 5.10 Å². The van der Waals surface area contributed by atoms with Crippen molar-refractivity contribution >= 4 is 23.9 Å². The Bertz CT molecular complexity index is 1000. The van der Waals surface area contributed by atoms with Gasteiger partial charge in [0.2, 0.25) is 5.16 Å². The van der Waals surface area contributed by atoms with Crippen LogP contribution in [0.2, 0.25) is 0 Å². The highest BCUT2D eigenvalue weighted by atomic mass is 32.2. The third-order valence-corrected chi connectivity index (χ3v) is 4.72. The van der Waals surface area contributed by atoms with E-state index in [1.54, 1.807) is 42.1 Å². The van der Waals surface area contributed by atoms with Crippen LogP contribution in [-0.2, 0) is 22.0 Å². The summed E-state index contributed by atoms with van der Waals surface area (Å²) in [5.41, 5.74) is 2.06. The quantitative estimate of drug-likeness (QED) is 0.296. The Morgan fingerprint density at radius 2 is 2.14 bits per heavy atom. The monoisotopic (exact) mass is 416 g/mol. The second-order valence-corrected chi connectivity index (χ2v) is 6.62. The minimum Gasteiger partial charge on any atom is -0.496 e. The highest BCUT2D eigenvalue weighted by Crippen LogP contribution is 2.20. The van der Waals surface area contributed by atoms with Crippen LogP contribution >= 0.6 is 11.8 Å². The fraction of sp³-hybridized carbons (Fsp3) is 0.278. The Balaban J connectivity index is 1.68. The van der Waals surface area contributed by atoms with Crippen molar-refractivity contribution in [1.82, 2.24) is 24.7 Å². The number of hydrogen-bond donors (Lipinski definition) is 0. The number of carbonyl (C=O) groups excluding carboxylic acids is 1. The standard InChI is InChI=1S/C18H20N6O4S/c1-26-10-14-8-13(4-5-16(14)27-2)9-20-24-11-19-21-18(24)29-12-23-7-6-15(22-23)17(25)28-3/h4-9,11H,10,12H2,1-3H3. The number of benzene rings is 1. The van der Waals surface area contributed by atoms with Crippen molar-refractivity contribution in [1.29, 1.82) is 0 Å². The summed E-state index contributed by atoms with van der Waals surface area (Å²) in [4.78, 5) is 11.5. The predicted octanol–water partition coefficient (Wildman–Crippen LogP) is 2.05. The van der Waals surface area contributed by atoms with Crippen molar-refractivity contribution in [2.75, 3.05) is 21.3 Å². The van der Waals surface area contributed by atoms with E-state index in [0.29, 0.717) is 17.6 Å². The van der Waals surface area contributed by atoms with E-state index in [1.165, 1.54) is 25.2 Å². The number of thioether (sulfide) groups is 1. The second kappa shape index (κ2) is 9.85. The fourth-order valence-corrected chi connectivity index (χ4v) is 3.16. The molecule has 3 aromatic rings. The molecule has 0 bridgehead atoms. The molecule has 0 radical (unpaired) electrons. The molecule has 0 aliphatic rings. The van der Waals surface area contributed by atoms with Gasteiger partial charge in [0.25, 0.3) is 0 Å². The molecule has 0 N–H and O–H groups in total. The Labute approximate surface area is 171 Å². The summed E-state index contributed by atoms with van der Waals surface area (Å²) in [5.74, 6) is 0.718. The first kappa shape index (κ1) is 20.6. The normalized spacial score (nSPS) is 11.1. The molecule has 10 nitrogen and oxygen atoms in total. The number of ether oxygens (including phenoxy) is 3. The highest BCUT2D eigenvalue weighted by molar-refractivity contribution is 7.98. The molecule has 152 valence electrons. The van der Waals surface area contributed by atoms with E-state index in [4.69, 9.17) is 9.47 Å². The summed E-state index contributed by atoms with van der Waals surface area (Å²) < 4.78 is 18.4. The summed E-state index contributed by atoms with van der Waals surface area (Å²) in [6.45, 7) is 0.440. The highest BCUT2D eigenvalue weighted by Gasteiger charge is 2.10. The van der Waals surface area contributed by atoms with E-state index >= 15 is 0 Å². The molecule has 29 heavy (non-hydrogen) atoms. The van der Waals surface area contributed by atoms with E-state index in [0.717, 1.165) is 16.9 Å². The Morgan fingerprint density at radius 1 is 1.28 bits per heavy atom. The minimum absolute atomic E-state index is 0.249. The van der Waals surface area contributed by atoms with E-state index in [2.05, 4.69) is 25.1 Å². The summed E-state index contributed by atoms with van der Waals surface area (Å²) in [7, 11) is 4.57. The van der Waals surface area contributed by atoms with E-state index in [-0.39, 0.29) is 5.69 Å². The lowest BCUT2D eigenvalue weighted by molar-refractivity contribution is 0.0593. The minimum atomic E-state index is -0.478. The average Bonchev–Trinajstić information content (AvgIpc) is 3.40. The third-order valence-electron chi connectivity index (χ3n) is 3.80. The van der Waals surface area contributed by atoms with Gasteiger partial charge in [-0.2, -0.15) is 14.9 Å². The van der Waals surface area contributed by atoms with Crippen molar-refractivity contribution in [3.63, 3.8) is 0 Å². The molecule has 0 unspecified atom stereocenters. The maximum atomic E-state index is 11.5. The van der Waals surface area contributed by atoms with Crippen LogP contribution in [0.4, 0.5) is 0 Å². The van der Waals surface area contributed by atoms with E-state index < -0.39 is 5.97 Å². The molecule has 2 heterocycles. The molecule has 0 aliphatic heterocycles. The van der Waals surface area contributed by atoms with Gasteiger partial charge in [-0.15, -0.1) is 10.2 Å². The molecule has 0 fully saturated rings. The molecule has 2 aromatic heterocycles. The van der Waals surface area contributed by atoms with Crippen LogP contribution in [0.5, 0.6) is 5.75 Å². The number of methoxy groups -OCH3 is 3. The summed E-state index contributed by atoms with van der Waals surface area (Å²) in [5, 5.41) is 17.1. The number of nitrogens with zero attached hydrogens (tertiary/aromatic N) is 6. The van der Waals surface area contributed by atoms with Crippen LogP contribution in [0.3, 0.4) is 0 Å². The zero-order chi connectivity index (χ0) is 20.6. The van der Waals surface area contributed by atoms with Crippen LogP contribution < -0.4 is 4.74 Å². The Kier molecular flexibility index (Phi) is 6.98. The van der Waals surface area contributed by atoms with Gasteiger partial charge in [0.05, 0.1) is 32.9 Å². The molecule has 0 amide bonds. The first-order valence-corrected chi connectivity index (χ1v) is 9.48. The van der Waals surface area contributed by atoms with Crippen molar-refractivity contribution in [3.05, 3.63) is 53.6 Å². The molecule has 1 aromatic carbocycles. The van der Waals surface area contributed by atoms with Crippen LogP contribution in [0.15, 0.2) is 47.0 Å². The van der Waals surface area contributed by atoms with Crippen molar-refractivity contribution in [2.45, 2.75) is 17.6 Å². The van der Waals surface area contributed by atoms with Gasteiger partial charge in [-0.25, -0.2) is 4.79 Å². The van der Waals surface area contributed by atoms with Crippen molar-refractivity contribution < 1.29 is 19.0 Å². The molecular formula is C18H20N6O4S. The smallest absolute Gasteiger partial charge is 0.358 e. The first-order chi connectivity index (χ1) is 14.1. The zero-order valence-corrected chi connectivity index (χ0v) is 17.0. The number of rotatable bonds is 9. The second-order valence-electron chi connectivity index (χ2n) is 5.71. The molecule has 0 saturated carbocycles. The molecular weight excluding hydrogens is 396 g/mol. The SMILES string of the molecule is COCc1cc(C=Nn2cnnc2SCn2ccc(C(=O)OC)n2)ccc1OC. The number of esters is 1. The first-order valence-electron chi connectivity index (χ1n) is 8.49. The number of hydrogen-bond acceptors (Lipinski definition) is 9. The average molecular weight is 416 g/mol. The lowest BCUT2D eigenvalue weighted by atomic mass is 10.1. The molecule has 0 atom stereocenters. The van der Waals surface area contributed by atoms with Gasteiger partial charge in [0, 0.05) is 18.9 Å². The number of aromatic nitrogens is 5. The van der Waals surface area contributed by atoms with Gasteiger partial charge in [-0.05, 0) is 29.8 Å². The summed E-state index contributed by atoms with van der Waals surface area (Å²) in [6, 6.07) is 7.31. The maximum Gasteiger partial charge on any atom is 0.358 e. The molecule has 0 spiro atoms. The largest absolute Gasteiger partial charge is 0.496 e. The molecule has 0 saturated heterocycles. The van der Waals surface area contributed by atoms with Gasteiger partial charge in [-0.1, -0.05) is 11.8 Å².